The van der Waals surface area contributed by atoms with Gasteiger partial charge in [0.25, 0.3) is 0 Å². The topological polar surface area (TPSA) is 58.9 Å². The van der Waals surface area contributed by atoms with Crippen molar-refractivity contribution < 1.29 is 9.59 Å². The summed E-state index contributed by atoms with van der Waals surface area (Å²) in [5, 5.41) is 0. The van der Waals surface area contributed by atoms with Gasteiger partial charge in [-0.1, -0.05) is 12.8 Å². The quantitative estimate of drug-likeness (QED) is 0.568. The highest BCUT2D eigenvalue weighted by molar-refractivity contribution is 5.36. The number of hydrogen-bond acceptors (Lipinski definition) is 4. The lowest BCUT2D eigenvalue weighted by molar-refractivity contribution is 0.101. The van der Waals surface area contributed by atoms with Gasteiger partial charge in [0.15, 0.2) is 0 Å². The second-order valence-electron chi connectivity index (χ2n) is 6.21. The summed E-state index contributed by atoms with van der Waals surface area (Å²) in [5.41, 5.74) is -0.884. The Morgan fingerprint density at radius 3 is 1.44 bits per heavy atom. The van der Waals surface area contributed by atoms with Crippen molar-refractivity contribution >= 4 is 12.2 Å². The third-order valence-corrected chi connectivity index (χ3v) is 4.25. The Bertz CT molecular complexity index is 351. The van der Waals surface area contributed by atoms with Crippen molar-refractivity contribution in [1.82, 2.24) is 0 Å². The number of hydrogen-bond donors (Lipinski definition) is 0. The van der Waals surface area contributed by atoms with Crippen molar-refractivity contribution in [2.75, 3.05) is 0 Å². The minimum absolute atomic E-state index is 0.250. The van der Waals surface area contributed by atoms with Gasteiger partial charge in [0.05, 0.1) is 11.1 Å². The third kappa shape index (κ3) is 3.16. The second-order valence-corrected chi connectivity index (χ2v) is 6.21. The van der Waals surface area contributed by atoms with Crippen molar-refractivity contribution in [2.24, 2.45) is 21.8 Å². The number of nitrogens with zero attached hydrogens (tertiary/aromatic N) is 2. The largest absolute Gasteiger partial charge is 0.235 e. The second kappa shape index (κ2) is 5.60. The van der Waals surface area contributed by atoms with Gasteiger partial charge in [0, 0.05) is 0 Å². The number of isocyanates is 2. The molecule has 2 atom stereocenters. The van der Waals surface area contributed by atoms with E-state index in [1.807, 2.05) is 27.7 Å². The summed E-state index contributed by atoms with van der Waals surface area (Å²) in [7, 11) is 0. The van der Waals surface area contributed by atoms with Crippen LogP contribution in [0.3, 0.4) is 0 Å². The summed E-state index contributed by atoms with van der Waals surface area (Å²) in [6, 6.07) is 0. The summed E-state index contributed by atoms with van der Waals surface area (Å²) in [6.45, 7) is 7.84. The van der Waals surface area contributed by atoms with Crippen LogP contribution < -0.4 is 0 Å². The normalized spacial score (nSPS) is 24.9. The van der Waals surface area contributed by atoms with Crippen molar-refractivity contribution in [2.45, 2.75) is 64.5 Å². The lowest BCUT2D eigenvalue weighted by Crippen LogP contribution is -2.45. The molecule has 0 aromatic rings. The van der Waals surface area contributed by atoms with Gasteiger partial charge in [-0.3, -0.25) is 0 Å². The molecule has 0 aromatic carbocycles. The van der Waals surface area contributed by atoms with Crippen molar-refractivity contribution in [3.8, 4) is 0 Å². The molecule has 0 amide bonds. The Morgan fingerprint density at radius 2 is 1.17 bits per heavy atom. The molecule has 100 valence electrons. The maximum absolute atomic E-state index is 10.6. The summed E-state index contributed by atoms with van der Waals surface area (Å²) < 4.78 is 0. The molecule has 1 aliphatic rings. The van der Waals surface area contributed by atoms with Gasteiger partial charge in [-0.15, -0.1) is 0 Å². The van der Waals surface area contributed by atoms with Crippen LogP contribution in [0.25, 0.3) is 0 Å². The molecule has 2 unspecified atom stereocenters. The number of carbonyl (C=O) groups excluding carboxylic acids is 2. The first-order valence-electron chi connectivity index (χ1n) is 6.53. The molecule has 1 fully saturated rings. The zero-order valence-electron chi connectivity index (χ0n) is 11.7. The van der Waals surface area contributed by atoms with Crippen LogP contribution in [0.1, 0.15) is 53.4 Å². The molecule has 0 bridgehead atoms. The molecular weight excluding hydrogens is 228 g/mol. The molecule has 0 aliphatic heterocycles. The molecule has 0 saturated heterocycles. The van der Waals surface area contributed by atoms with E-state index >= 15 is 0 Å². The van der Waals surface area contributed by atoms with Crippen LogP contribution in [0.4, 0.5) is 0 Å². The first-order valence-corrected chi connectivity index (χ1v) is 6.53. The number of rotatable bonds is 4. The SMILES string of the molecule is CC(C)(N=C=O)C1CCCCC1C(C)(C)N=C=O. The van der Waals surface area contributed by atoms with E-state index in [0.29, 0.717) is 0 Å². The van der Waals surface area contributed by atoms with E-state index in [0.717, 1.165) is 25.7 Å². The van der Waals surface area contributed by atoms with Crippen LogP contribution in [-0.2, 0) is 9.59 Å². The van der Waals surface area contributed by atoms with E-state index in [4.69, 9.17) is 0 Å². The zero-order valence-corrected chi connectivity index (χ0v) is 11.7. The fraction of sp³-hybridized carbons (Fsp3) is 0.857. The van der Waals surface area contributed by atoms with Crippen LogP contribution in [0, 0.1) is 11.8 Å². The van der Waals surface area contributed by atoms with Crippen LogP contribution in [0.2, 0.25) is 0 Å². The van der Waals surface area contributed by atoms with Crippen molar-refractivity contribution in [1.29, 1.82) is 0 Å². The van der Waals surface area contributed by atoms with E-state index in [1.165, 1.54) is 0 Å². The molecule has 1 aliphatic carbocycles. The molecule has 18 heavy (non-hydrogen) atoms. The van der Waals surface area contributed by atoms with Gasteiger partial charge in [0.1, 0.15) is 0 Å². The van der Waals surface area contributed by atoms with Gasteiger partial charge in [-0.2, -0.15) is 9.98 Å². The van der Waals surface area contributed by atoms with Gasteiger partial charge in [-0.25, -0.2) is 9.59 Å². The number of aliphatic imine (C=N–C) groups is 2. The lowest BCUT2D eigenvalue weighted by Gasteiger charge is -2.44. The first-order chi connectivity index (χ1) is 8.35. The van der Waals surface area contributed by atoms with Gasteiger partial charge in [0.2, 0.25) is 12.2 Å². The Labute approximate surface area is 109 Å². The first kappa shape index (κ1) is 14.8. The monoisotopic (exact) mass is 250 g/mol. The van der Waals surface area contributed by atoms with Crippen molar-refractivity contribution in [3.63, 3.8) is 0 Å². The Kier molecular flexibility index (Phi) is 4.61. The van der Waals surface area contributed by atoms with E-state index in [9.17, 15) is 9.59 Å². The standard InChI is InChI=1S/C14H22N2O2/c1-13(2,15-9-17)11-7-5-6-8-12(11)14(3,4)16-10-18/h11-12H,5-8H2,1-4H3. The highest BCUT2D eigenvalue weighted by Crippen LogP contribution is 2.45. The maximum atomic E-state index is 10.6. The molecule has 0 N–H and O–H groups in total. The summed E-state index contributed by atoms with van der Waals surface area (Å²) in [5.74, 6) is 0.500. The predicted molar refractivity (Wildman–Crippen MR) is 69.8 cm³/mol. The van der Waals surface area contributed by atoms with E-state index in [-0.39, 0.29) is 11.8 Å². The molecule has 4 heteroatoms. The third-order valence-electron chi connectivity index (χ3n) is 4.25. The van der Waals surface area contributed by atoms with Gasteiger partial charge >= 0.3 is 0 Å². The highest BCUT2D eigenvalue weighted by Gasteiger charge is 2.44. The molecular formula is C14H22N2O2. The summed E-state index contributed by atoms with van der Waals surface area (Å²) in [4.78, 5) is 29.1. The molecule has 1 saturated carbocycles. The molecule has 4 nitrogen and oxygen atoms in total. The fourth-order valence-corrected chi connectivity index (χ4v) is 3.22. The molecule has 1 rings (SSSR count). The van der Waals surface area contributed by atoms with E-state index in [1.54, 1.807) is 12.2 Å². The van der Waals surface area contributed by atoms with Crippen LogP contribution in [0.5, 0.6) is 0 Å². The smallest absolute Gasteiger partial charge is 0.211 e. The lowest BCUT2D eigenvalue weighted by atomic mass is 9.63. The minimum atomic E-state index is -0.442. The predicted octanol–water partition coefficient (Wildman–Crippen LogP) is 3.02. The molecule has 0 aromatic heterocycles. The minimum Gasteiger partial charge on any atom is -0.211 e. The molecule has 0 spiro atoms. The Balaban J connectivity index is 3.07. The van der Waals surface area contributed by atoms with Crippen molar-refractivity contribution in [3.05, 3.63) is 0 Å². The zero-order chi connectivity index (χ0) is 13.8. The average molecular weight is 250 g/mol. The van der Waals surface area contributed by atoms with Gasteiger partial charge < -0.3 is 0 Å². The fourth-order valence-electron chi connectivity index (χ4n) is 3.22. The maximum Gasteiger partial charge on any atom is 0.235 e. The summed E-state index contributed by atoms with van der Waals surface area (Å²) in [6.07, 6.45) is 7.66. The molecule has 0 heterocycles. The highest BCUT2D eigenvalue weighted by atomic mass is 16.1. The van der Waals surface area contributed by atoms with Crippen LogP contribution in [-0.4, -0.2) is 23.2 Å². The van der Waals surface area contributed by atoms with Gasteiger partial charge in [-0.05, 0) is 52.4 Å². The Morgan fingerprint density at radius 1 is 0.833 bits per heavy atom. The summed E-state index contributed by atoms with van der Waals surface area (Å²) >= 11 is 0. The molecule has 0 radical (unpaired) electrons. The average Bonchev–Trinajstić information content (AvgIpc) is 2.29. The van der Waals surface area contributed by atoms with Crippen LogP contribution >= 0.6 is 0 Å². The van der Waals surface area contributed by atoms with E-state index in [2.05, 4.69) is 9.98 Å². The van der Waals surface area contributed by atoms with E-state index < -0.39 is 11.1 Å². The Hall–Kier alpha value is -1.24. The van der Waals surface area contributed by atoms with Crippen LogP contribution in [0.15, 0.2) is 9.98 Å².